The summed E-state index contributed by atoms with van der Waals surface area (Å²) in [7, 11) is 3.17. The maximum Gasteiger partial charge on any atom is 0.342 e. The molecule has 1 aromatic carbocycles. The number of benzene rings is 1. The van der Waals surface area contributed by atoms with E-state index in [1.54, 1.807) is 45.3 Å². The van der Waals surface area contributed by atoms with Crippen LogP contribution in [0.4, 0.5) is 0 Å². The Morgan fingerprint density at radius 2 is 1.75 bits per heavy atom. The van der Waals surface area contributed by atoms with Gasteiger partial charge in [-0.25, -0.2) is 9.59 Å². The molecule has 6 nitrogen and oxygen atoms in total. The Balaban J connectivity index is 2.39. The number of ether oxygens (including phenoxy) is 1. The highest BCUT2D eigenvalue weighted by Crippen LogP contribution is 2.23. The van der Waals surface area contributed by atoms with Crippen molar-refractivity contribution in [2.45, 2.75) is 20.0 Å². The number of rotatable bonds is 4. The van der Waals surface area contributed by atoms with Gasteiger partial charge in [-0.15, -0.1) is 0 Å². The van der Waals surface area contributed by atoms with Gasteiger partial charge in [-0.1, -0.05) is 30.3 Å². The highest BCUT2D eigenvalue weighted by atomic mass is 16.5. The summed E-state index contributed by atoms with van der Waals surface area (Å²) in [6.07, 6.45) is -1.07. The van der Waals surface area contributed by atoms with Crippen molar-refractivity contribution in [1.29, 1.82) is 0 Å². The van der Waals surface area contributed by atoms with Crippen molar-refractivity contribution < 1.29 is 18.7 Å². The van der Waals surface area contributed by atoms with E-state index in [1.165, 1.54) is 17.9 Å². The summed E-state index contributed by atoms with van der Waals surface area (Å²) in [6.45, 7) is 3.13. The Labute approximate surface area is 139 Å². The first-order valence-electron chi connectivity index (χ1n) is 7.39. The number of amides is 1. The summed E-state index contributed by atoms with van der Waals surface area (Å²) in [5.41, 5.74) is 0.628. The van der Waals surface area contributed by atoms with E-state index in [1.807, 2.05) is 6.07 Å². The van der Waals surface area contributed by atoms with Crippen LogP contribution in [0.5, 0.6) is 0 Å². The van der Waals surface area contributed by atoms with Gasteiger partial charge >= 0.3 is 11.6 Å². The van der Waals surface area contributed by atoms with Gasteiger partial charge in [0.2, 0.25) is 6.10 Å². The number of esters is 1. The molecular weight excluding hydrogens is 310 g/mol. The normalized spacial score (nSPS) is 11.7. The van der Waals surface area contributed by atoms with Crippen LogP contribution in [0, 0.1) is 13.8 Å². The summed E-state index contributed by atoms with van der Waals surface area (Å²) in [5, 5.41) is 0. The fourth-order valence-electron chi connectivity index (χ4n) is 2.35. The largest absolute Gasteiger partial charge is 0.444 e. The Kier molecular flexibility index (Phi) is 5.18. The minimum Gasteiger partial charge on any atom is -0.444 e. The van der Waals surface area contributed by atoms with Crippen molar-refractivity contribution in [3.63, 3.8) is 0 Å². The van der Waals surface area contributed by atoms with Crippen LogP contribution in [0.3, 0.4) is 0 Å². The molecule has 0 aliphatic carbocycles. The van der Waals surface area contributed by atoms with Crippen molar-refractivity contribution in [3.05, 3.63) is 69.3 Å². The van der Waals surface area contributed by atoms with E-state index in [4.69, 9.17) is 9.15 Å². The standard InChI is InChI=1S/C18H19NO5/c1-11-10-14(20)23-12(2)15(11)18(22)24-16(17(21)19(3)4)13-8-6-5-7-9-13/h5-10,16H,1-4H3. The zero-order valence-corrected chi connectivity index (χ0v) is 14.0. The molecule has 1 amide bonds. The van der Waals surface area contributed by atoms with E-state index in [2.05, 4.69) is 0 Å². The van der Waals surface area contributed by atoms with Crippen molar-refractivity contribution in [2.75, 3.05) is 14.1 Å². The molecule has 0 spiro atoms. The minimum atomic E-state index is -1.07. The molecule has 1 heterocycles. The quantitative estimate of drug-likeness (QED) is 0.804. The number of aryl methyl sites for hydroxylation is 2. The fourth-order valence-corrected chi connectivity index (χ4v) is 2.35. The van der Waals surface area contributed by atoms with Crippen LogP contribution < -0.4 is 5.63 Å². The van der Waals surface area contributed by atoms with Gasteiger partial charge in [-0.2, -0.15) is 0 Å². The zero-order chi connectivity index (χ0) is 17.9. The maximum atomic E-state index is 12.6. The molecule has 0 aliphatic heterocycles. The lowest BCUT2D eigenvalue weighted by molar-refractivity contribution is -0.138. The number of hydrogen-bond acceptors (Lipinski definition) is 5. The molecule has 0 N–H and O–H groups in total. The third-order valence-corrected chi connectivity index (χ3v) is 3.53. The lowest BCUT2D eigenvalue weighted by Gasteiger charge is -2.21. The van der Waals surface area contributed by atoms with E-state index in [0.29, 0.717) is 11.1 Å². The van der Waals surface area contributed by atoms with Crippen LogP contribution in [0.2, 0.25) is 0 Å². The lowest BCUT2D eigenvalue weighted by Crippen LogP contribution is -2.31. The van der Waals surface area contributed by atoms with Gasteiger partial charge in [0.25, 0.3) is 5.91 Å². The predicted molar refractivity (Wildman–Crippen MR) is 87.7 cm³/mol. The summed E-state index contributed by atoms with van der Waals surface area (Å²) < 4.78 is 10.4. The topological polar surface area (TPSA) is 76.8 Å². The second kappa shape index (κ2) is 7.12. The fraction of sp³-hybridized carbons (Fsp3) is 0.278. The number of likely N-dealkylation sites (N-methyl/N-ethyl adjacent to an activating group) is 1. The van der Waals surface area contributed by atoms with Crippen LogP contribution in [-0.4, -0.2) is 30.9 Å². The molecule has 0 radical (unpaired) electrons. The predicted octanol–water partition coefficient (Wildman–Crippen LogP) is 2.24. The average Bonchev–Trinajstić information content (AvgIpc) is 2.51. The maximum absolute atomic E-state index is 12.6. The van der Waals surface area contributed by atoms with Crippen LogP contribution in [0.1, 0.15) is 33.3 Å². The van der Waals surface area contributed by atoms with Crippen molar-refractivity contribution in [1.82, 2.24) is 4.90 Å². The Bertz CT molecular complexity index is 782. The summed E-state index contributed by atoms with van der Waals surface area (Å²) in [4.78, 5) is 37.7. The Hall–Kier alpha value is -2.89. The Morgan fingerprint density at radius 3 is 2.29 bits per heavy atom. The molecule has 2 rings (SSSR count). The number of nitrogens with zero attached hydrogens (tertiary/aromatic N) is 1. The number of carbonyl (C=O) groups excluding carboxylic acids is 2. The second-order valence-electron chi connectivity index (χ2n) is 5.61. The van der Waals surface area contributed by atoms with Gasteiger partial charge in [-0.05, 0) is 19.4 Å². The molecule has 0 aliphatic rings. The summed E-state index contributed by atoms with van der Waals surface area (Å²) in [6, 6.07) is 9.97. The first kappa shape index (κ1) is 17.5. The van der Waals surface area contributed by atoms with Gasteiger partial charge in [0.1, 0.15) is 11.3 Å². The summed E-state index contributed by atoms with van der Waals surface area (Å²) >= 11 is 0. The third-order valence-electron chi connectivity index (χ3n) is 3.53. The average molecular weight is 329 g/mol. The van der Waals surface area contributed by atoms with E-state index < -0.39 is 17.7 Å². The molecule has 1 unspecified atom stereocenters. The van der Waals surface area contributed by atoms with Crippen LogP contribution >= 0.6 is 0 Å². The molecule has 24 heavy (non-hydrogen) atoms. The van der Waals surface area contributed by atoms with Crippen LogP contribution in [-0.2, 0) is 9.53 Å². The van der Waals surface area contributed by atoms with E-state index in [0.717, 1.165) is 0 Å². The minimum absolute atomic E-state index is 0.155. The Morgan fingerprint density at radius 1 is 1.12 bits per heavy atom. The third kappa shape index (κ3) is 3.71. The molecule has 2 aromatic rings. The van der Waals surface area contributed by atoms with Crippen LogP contribution in [0.25, 0.3) is 0 Å². The van der Waals surface area contributed by atoms with Gasteiger partial charge in [0.15, 0.2) is 0 Å². The molecule has 126 valence electrons. The first-order valence-corrected chi connectivity index (χ1v) is 7.39. The monoisotopic (exact) mass is 329 g/mol. The summed E-state index contributed by atoms with van der Waals surface area (Å²) in [5.74, 6) is -0.908. The molecule has 0 bridgehead atoms. The smallest absolute Gasteiger partial charge is 0.342 e. The number of hydrogen-bond donors (Lipinski definition) is 0. The molecular formula is C18H19NO5. The molecule has 6 heteroatoms. The van der Waals surface area contributed by atoms with Crippen LogP contribution in [0.15, 0.2) is 45.6 Å². The second-order valence-corrected chi connectivity index (χ2v) is 5.61. The first-order chi connectivity index (χ1) is 11.3. The van der Waals surface area contributed by atoms with Crippen molar-refractivity contribution >= 4 is 11.9 Å². The van der Waals surface area contributed by atoms with E-state index in [9.17, 15) is 14.4 Å². The van der Waals surface area contributed by atoms with E-state index in [-0.39, 0.29) is 17.2 Å². The molecule has 0 fully saturated rings. The molecule has 1 aromatic heterocycles. The zero-order valence-electron chi connectivity index (χ0n) is 14.0. The van der Waals surface area contributed by atoms with Gasteiger partial charge in [0.05, 0.1) is 0 Å². The molecule has 1 atom stereocenters. The highest BCUT2D eigenvalue weighted by molar-refractivity contribution is 5.94. The van der Waals surface area contributed by atoms with E-state index >= 15 is 0 Å². The van der Waals surface area contributed by atoms with Gasteiger partial charge < -0.3 is 14.1 Å². The molecule has 0 saturated heterocycles. The highest BCUT2D eigenvalue weighted by Gasteiger charge is 2.28. The molecule has 0 saturated carbocycles. The van der Waals surface area contributed by atoms with Gasteiger partial charge in [-0.3, -0.25) is 4.79 Å². The van der Waals surface area contributed by atoms with Crippen molar-refractivity contribution in [3.8, 4) is 0 Å². The van der Waals surface area contributed by atoms with Crippen molar-refractivity contribution in [2.24, 2.45) is 0 Å². The van der Waals surface area contributed by atoms with Gasteiger partial charge in [0, 0.05) is 25.7 Å². The number of carbonyl (C=O) groups is 2. The lowest BCUT2D eigenvalue weighted by atomic mass is 10.1. The SMILES string of the molecule is Cc1cc(=O)oc(C)c1C(=O)OC(C(=O)N(C)C)c1ccccc1.